The van der Waals surface area contributed by atoms with Crippen LogP contribution in [0.5, 0.6) is 0 Å². The molecule has 5 atom stereocenters. The van der Waals surface area contributed by atoms with Gasteiger partial charge in [0.15, 0.2) is 0 Å². The highest BCUT2D eigenvalue weighted by Crippen LogP contribution is 2.38. The van der Waals surface area contributed by atoms with Crippen LogP contribution in [-0.4, -0.2) is 65.6 Å². The molecule has 1 aromatic rings. The second-order valence-electron chi connectivity index (χ2n) is 8.33. The van der Waals surface area contributed by atoms with Gasteiger partial charge in [-0.15, -0.1) is 0 Å². The van der Waals surface area contributed by atoms with Gasteiger partial charge in [-0.2, -0.15) is 0 Å². The molecular formula is C24H35NO5. The fourth-order valence-electron chi connectivity index (χ4n) is 4.70. The van der Waals surface area contributed by atoms with Crippen molar-refractivity contribution in [2.45, 2.75) is 63.4 Å². The molecule has 0 spiro atoms. The molecule has 1 aromatic carbocycles. The van der Waals surface area contributed by atoms with E-state index in [0.717, 1.165) is 31.5 Å². The lowest BCUT2D eigenvalue weighted by molar-refractivity contribution is -0.137. The molecule has 30 heavy (non-hydrogen) atoms. The van der Waals surface area contributed by atoms with Crippen LogP contribution in [0.15, 0.2) is 42.5 Å². The Balaban J connectivity index is 1.66. The lowest BCUT2D eigenvalue weighted by Gasteiger charge is -2.38. The van der Waals surface area contributed by atoms with Crippen LogP contribution in [-0.2, 0) is 14.3 Å². The molecule has 1 saturated heterocycles. The Morgan fingerprint density at radius 2 is 2.00 bits per heavy atom. The van der Waals surface area contributed by atoms with Gasteiger partial charge >= 0.3 is 5.97 Å². The monoisotopic (exact) mass is 417 g/mol. The van der Waals surface area contributed by atoms with Gasteiger partial charge in [-0.05, 0) is 31.7 Å². The molecule has 1 aliphatic carbocycles. The fourth-order valence-corrected chi connectivity index (χ4v) is 4.70. The third kappa shape index (κ3) is 6.38. The Hall–Kier alpha value is -1.73. The molecule has 0 aromatic heterocycles. The number of allylic oxidation sites excluding steroid dienone is 2. The topological polar surface area (TPSA) is 79.2 Å². The summed E-state index contributed by atoms with van der Waals surface area (Å²) in [4.78, 5) is 13.0. The van der Waals surface area contributed by atoms with Crippen molar-refractivity contribution < 1.29 is 24.5 Å². The summed E-state index contributed by atoms with van der Waals surface area (Å²) < 4.78 is 12.0. The van der Waals surface area contributed by atoms with E-state index < -0.39 is 12.1 Å². The van der Waals surface area contributed by atoms with E-state index in [1.54, 1.807) is 0 Å². The summed E-state index contributed by atoms with van der Waals surface area (Å²) in [6, 6.07) is 10.3. The number of hydrogen-bond acceptors (Lipinski definition) is 5. The number of benzene rings is 1. The number of rotatable bonds is 10. The van der Waals surface area contributed by atoms with Crippen LogP contribution < -0.4 is 0 Å². The van der Waals surface area contributed by atoms with E-state index in [-0.39, 0.29) is 30.6 Å². The molecule has 2 aliphatic rings. The average Bonchev–Trinajstić information content (AvgIpc) is 3.06. The maximum absolute atomic E-state index is 10.9. The molecular weight excluding hydrogens is 382 g/mol. The highest BCUT2D eigenvalue weighted by molar-refractivity contribution is 5.66. The molecule has 166 valence electrons. The molecule has 0 amide bonds. The van der Waals surface area contributed by atoms with Crippen molar-refractivity contribution in [2.75, 3.05) is 26.3 Å². The third-order valence-corrected chi connectivity index (χ3v) is 6.24. The number of carboxylic acid groups (broad SMARTS) is 1. The normalized spacial score (nSPS) is 28.7. The van der Waals surface area contributed by atoms with Crippen LogP contribution in [0.1, 0.15) is 50.7 Å². The molecule has 1 aliphatic heterocycles. The first-order valence-electron chi connectivity index (χ1n) is 11.1. The summed E-state index contributed by atoms with van der Waals surface area (Å²) in [7, 11) is 0. The Labute approximate surface area is 179 Å². The van der Waals surface area contributed by atoms with Gasteiger partial charge in [0.25, 0.3) is 0 Å². The first kappa shape index (κ1) is 22.9. The predicted octanol–water partition coefficient (Wildman–Crippen LogP) is 3.42. The van der Waals surface area contributed by atoms with Crippen molar-refractivity contribution >= 4 is 5.97 Å². The summed E-state index contributed by atoms with van der Waals surface area (Å²) in [5, 5.41) is 19.7. The Morgan fingerprint density at radius 3 is 2.70 bits per heavy atom. The number of nitrogens with zero attached hydrogens (tertiary/aromatic N) is 1. The molecule has 0 bridgehead atoms. The molecule has 2 fully saturated rings. The summed E-state index contributed by atoms with van der Waals surface area (Å²) in [5.41, 5.74) is 1.14. The van der Waals surface area contributed by atoms with Crippen LogP contribution in [0.4, 0.5) is 0 Å². The van der Waals surface area contributed by atoms with Gasteiger partial charge in [0.1, 0.15) is 0 Å². The highest BCUT2D eigenvalue weighted by atomic mass is 16.5. The zero-order chi connectivity index (χ0) is 21.3. The Morgan fingerprint density at radius 1 is 1.27 bits per heavy atom. The minimum atomic E-state index is -0.752. The number of aliphatic carboxylic acids is 1. The standard InChI is InChI=1S/C24H35NO5/c1-18(19-9-5-4-6-10-19)30-22-17-21(26)24(25-13-15-29-16-14-25)20(22)11-7-2-3-8-12-23(27)28/h2,4-7,9-10,18,20-22,24,26H,3,8,11-17H2,1H3,(H,27,28)/b7-2-/t18?,20-,21+,22-,24+/m0/s1. The third-order valence-electron chi connectivity index (χ3n) is 6.24. The highest BCUT2D eigenvalue weighted by Gasteiger charge is 2.46. The lowest BCUT2D eigenvalue weighted by Crippen LogP contribution is -2.50. The number of aliphatic hydroxyl groups excluding tert-OH is 1. The number of aliphatic hydroxyl groups is 1. The maximum Gasteiger partial charge on any atom is 0.303 e. The van der Waals surface area contributed by atoms with Gasteiger partial charge < -0.3 is 19.7 Å². The van der Waals surface area contributed by atoms with Crippen LogP contribution in [0.2, 0.25) is 0 Å². The summed E-state index contributed by atoms with van der Waals surface area (Å²) in [6.07, 6.45) is 6.80. The number of carbonyl (C=O) groups is 1. The van der Waals surface area contributed by atoms with Crippen molar-refractivity contribution in [1.82, 2.24) is 4.90 Å². The molecule has 0 radical (unpaired) electrons. The number of ether oxygens (including phenoxy) is 2. The molecule has 3 rings (SSSR count). The van der Waals surface area contributed by atoms with Gasteiger partial charge in [-0.25, -0.2) is 0 Å². The Kier molecular flexibility index (Phi) is 8.88. The van der Waals surface area contributed by atoms with Crippen molar-refractivity contribution in [3.63, 3.8) is 0 Å². The number of hydrogen-bond donors (Lipinski definition) is 2. The minimum absolute atomic E-state index is 0.0216. The van der Waals surface area contributed by atoms with Gasteiger partial charge in [0, 0.05) is 37.9 Å². The number of unbranched alkanes of at least 4 members (excludes halogenated alkanes) is 1. The van der Waals surface area contributed by atoms with E-state index in [0.29, 0.717) is 26.1 Å². The van der Waals surface area contributed by atoms with Gasteiger partial charge in [0.05, 0.1) is 31.5 Å². The van der Waals surface area contributed by atoms with Gasteiger partial charge in [-0.1, -0.05) is 42.5 Å². The van der Waals surface area contributed by atoms with E-state index in [9.17, 15) is 9.90 Å². The SMILES string of the molecule is CC(O[C@H]1C[C@@H](O)[C@H](N2CCOCC2)[C@H]1C/C=C\CCCC(=O)O)c1ccccc1. The van der Waals surface area contributed by atoms with Gasteiger partial charge in [-0.3, -0.25) is 9.69 Å². The van der Waals surface area contributed by atoms with Crippen molar-refractivity contribution in [2.24, 2.45) is 5.92 Å². The van der Waals surface area contributed by atoms with Crippen LogP contribution >= 0.6 is 0 Å². The first-order chi connectivity index (χ1) is 14.6. The summed E-state index contributed by atoms with van der Waals surface area (Å²) in [5.74, 6) is -0.557. The molecule has 6 nitrogen and oxygen atoms in total. The Bertz CT molecular complexity index is 673. The molecule has 2 N–H and O–H groups in total. The molecule has 1 unspecified atom stereocenters. The molecule has 1 heterocycles. The van der Waals surface area contributed by atoms with E-state index in [2.05, 4.69) is 36.1 Å². The molecule has 1 saturated carbocycles. The second kappa shape index (κ2) is 11.6. The number of morpholine rings is 1. The van der Waals surface area contributed by atoms with Crippen LogP contribution in [0, 0.1) is 5.92 Å². The zero-order valence-corrected chi connectivity index (χ0v) is 17.9. The first-order valence-corrected chi connectivity index (χ1v) is 11.1. The fraction of sp³-hybridized carbons (Fsp3) is 0.625. The maximum atomic E-state index is 10.9. The van der Waals surface area contributed by atoms with Crippen molar-refractivity contribution in [3.8, 4) is 0 Å². The largest absolute Gasteiger partial charge is 0.481 e. The molecule has 6 heteroatoms. The predicted molar refractivity (Wildman–Crippen MR) is 115 cm³/mol. The smallest absolute Gasteiger partial charge is 0.303 e. The van der Waals surface area contributed by atoms with Crippen molar-refractivity contribution in [3.05, 3.63) is 48.0 Å². The van der Waals surface area contributed by atoms with E-state index in [4.69, 9.17) is 14.6 Å². The average molecular weight is 418 g/mol. The summed E-state index contributed by atoms with van der Waals surface area (Å²) in [6.45, 7) is 5.14. The van der Waals surface area contributed by atoms with Gasteiger partial charge in [0.2, 0.25) is 0 Å². The number of carboxylic acids is 1. The second-order valence-corrected chi connectivity index (χ2v) is 8.33. The van der Waals surface area contributed by atoms with E-state index in [1.807, 2.05) is 18.2 Å². The van der Waals surface area contributed by atoms with E-state index >= 15 is 0 Å². The zero-order valence-electron chi connectivity index (χ0n) is 17.9. The van der Waals surface area contributed by atoms with Crippen molar-refractivity contribution in [1.29, 1.82) is 0 Å². The summed E-state index contributed by atoms with van der Waals surface area (Å²) >= 11 is 0. The van der Waals surface area contributed by atoms with E-state index in [1.165, 1.54) is 0 Å². The lowest BCUT2D eigenvalue weighted by atomic mass is 9.94. The van der Waals surface area contributed by atoms with Crippen LogP contribution in [0.3, 0.4) is 0 Å². The minimum Gasteiger partial charge on any atom is -0.481 e. The van der Waals surface area contributed by atoms with Crippen LogP contribution in [0.25, 0.3) is 0 Å². The quantitative estimate of drug-likeness (QED) is 0.449.